The van der Waals surface area contributed by atoms with Crippen LogP contribution in [0.2, 0.25) is 0 Å². The zero-order valence-electron chi connectivity index (χ0n) is 9.33. The van der Waals surface area contributed by atoms with Gasteiger partial charge in [0.05, 0.1) is 11.0 Å². The number of rotatable bonds is 5. The Morgan fingerprint density at radius 3 is 3.00 bits per heavy atom. The highest BCUT2D eigenvalue weighted by Gasteiger charge is 2.04. The number of nitrogens with one attached hydrogen (secondary N) is 2. The fourth-order valence-electron chi connectivity index (χ4n) is 1.60. The molecule has 0 bridgehead atoms. The molecule has 4 heteroatoms. The normalized spacial score (nSPS) is 12.9. The lowest BCUT2D eigenvalue weighted by Gasteiger charge is -2.09. The van der Waals surface area contributed by atoms with E-state index < -0.39 is 0 Å². The molecule has 2 aromatic rings. The number of aromatic nitrogens is 2. The molecule has 0 fully saturated rings. The number of hydrogen-bond acceptors (Lipinski definition) is 2. The number of imidazole rings is 1. The monoisotopic (exact) mass is 237 g/mol. The summed E-state index contributed by atoms with van der Waals surface area (Å²) in [4.78, 5) is 7.68. The molecule has 3 nitrogen and oxygen atoms in total. The van der Waals surface area contributed by atoms with Gasteiger partial charge >= 0.3 is 0 Å². The lowest BCUT2D eigenvalue weighted by Crippen LogP contribution is -2.12. The van der Waals surface area contributed by atoms with Crippen molar-refractivity contribution in [3.05, 3.63) is 24.3 Å². The number of anilines is 1. The summed E-state index contributed by atoms with van der Waals surface area (Å²) in [5.74, 6) is 2.11. The minimum absolute atomic E-state index is 0.561. The molecule has 86 valence electrons. The number of halogens is 1. The number of fused-ring (bicyclic) bond motifs is 1. The van der Waals surface area contributed by atoms with Crippen molar-refractivity contribution in [2.75, 3.05) is 17.7 Å². The topological polar surface area (TPSA) is 40.7 Å². The maximum Gasteiger partial charge on any atom is 0.201 e. The van der Waals surface area contributed by atoms with Crippen LogP contribution in [0.4, 0.5) is 5.95 Å². The molecule has 1 aromatic carbocycles. The van der Waals surface area contributed by atoms with Gasteiger partial charge in [-0.2, -0.15) is 0 Å². The Bertz CT molecular complexity index is 419. The highest BCUT2D eigenvalue weighted by atomic mass is 35.5. The Labute approximate surface area is 100 Å². The molecular weight excluding hydrogens is 222 g/mol. The summed E-state index contributed by atoms with van der Waals surface area (Å²) in [5, 5.41) is 3.29. The van der Waals surface area contributed by atoms with Gasteiger partial charge in [0.1, 0.15) is 0 Å². The number of hydrogen-bond donors (Lipinski definition) is 2. The molecule has 0 saturated carbocycles. The summed E-state index contributed by atoms with van der Waals surface area (Å²) in [6.45, 7) is 3.07. The third-order valence-corrected chi connectivity index (χ3v) is 2.83. The summed E-state index contributed by atoms with van der Waals surface area (Å²) in [6.07, 6.45) is 1.02. The van der Waals surface area contributed by atoms with Gasteiger partial charge in [0.15, 0.2) is 0 Å². The van der Waals surface area contributed by atoms with Crippen LogP contribution in [0, 0.1) is 5.92 Å². The van der Waals surface area contributed by atoms with Gasteiger partial charge in [-0.25, -0.2) is 4.98 Å². The molecular formula is C12H16ClN3. The number of H-pyrrole nitrogens is 1. The van der Waals surface area contributed by atoms with Crippen molar-refractivity contribution in [1.29, 1.82) is 0 Å². The van der Waals surface area contributed by atoms with E-state index in [0.717, 1.165) is 29.9 Å². The van der Waals surface area contributed by atoms with Crippen molar-refractivity contribution in [2.45, 2.75) is 13.3 Å². The van der Waals surface area contributed by atoms with E-state index in [0.29, 0.717) is 11.8 Å². The van der Waals surface area contributed by atoms with Crippen molar-refractivity contribution in [2.24, 2.45) is 5.92 Å². The van der Waals surface area contributed by atoms with Crippen LogP contribution in [-0.2, 0) is 0 Å². The molecule has 0 aliphatic rings. The Morgan fingerprint density at radius 2 is 2.25 bits per heavy atom. The third-order valence-electron chi connectivity index (χ3n) is 2.61. The predicted octanol–water partition coefficient (Wildman–Crippen LogP) is 3.24. The van der Waals surface area contributed by atoms with Crippen LogP contribution in [-0.4, -0.2) is 22.4 Å². The number of aromatic amines is 1. The summed E-state index contributed by atoms with van der Waals surface area (Å²) in [5.41, 5.74) is 2.06. The fraction of sp³-hybridized carbons (Fsp3) is 0.417. The van der Waals surface area contributed by atoms with E-state index in [2.05, 4.69) is 22.2 Å². The maximum absolute atomic E-state index is 5.69. The Kier molecular flexibility index (Phi) is 3.67. The van der Waals surface area contributed by atoms with E-state index in [1.165, 1.54) is 0 Å². The lowest BCUT2D eigenvalue weighted by atomic mass is 10.1. The first-order valence-electron chi connectivity index (χ1n) is 5.54. The molecule has 0 aliphatic heterocycles. The summed E-state index contributed by atoms with van der Waals surface area (Å²) >= 11 is 5.69. The number of benzene rings is 1. The zero-order chi connectivity index (χ0) is 11.4. The second kappa shape index (κ2) is 5.21. The van der Waals surface area contributed by atoms with Crippen molar-refractivity contribution < 1.29 is 0 Å². The highest BCUT2D eigenvalue weighted by molar-refractivity contribution is 6.17. The van der Waals surface area contributed by atoms with E-state index in [1.807, 2.05) is 24.3 Å². The van der Waals surface area contributed by atoms with E-state index in [4.69, 9.17) is 11.6 Å². The first kappa shape index (κ1) is 11.3. The third kappa shape index (κ3) is 2.67. The van der Waals surface area contributed by atoms with Crippen LogP contribution in [0.3, 0.4) is 0 Å². The predicted molar refractivity (Wildman–Crippen MR) is 69.1 cm³/mol. The number of nitrogens with zero attached hydrogens (tertiary/aromatic N) is 1. The van der Waals surface area contributed by atoms with Crippen molar-refractivity contribution in [1.82, 2.24) is 9.97 Å². The molecule has 0 aliphatic carbocycles. The second-order valence-corrected chi connectivity index (χ2v) is 4.44. The van der Waals surface area contributed by atoms with Crippen molar-refractivity contribution in [3.63, 3.8) is 0 Å². The molecule has 0 radical (unpaired) electrons. The van der Waals surface area contributed by atoms with Gasteiger partial charge in [0, 0.05) is 12.4 Å². The van der Waals surface area contributed by atoms with Gasteiger partial charge in [0.25, 0.3) is 0 Å². The molecule has 1 unspecified atom stereocenters. The molecule has 2 N–H and O–H groups in total. The van der Waals surface area contributed by atoms with Crippen LogP contribution in [0.15, 0.2) is 24.3 Å². The SMILES string of the molecule is CC(CCCl)CNc1nc2ccccc2[nH]1. The quantitative estimate of drug-likeness (QED) is 0.784. The molecule has 1 aromatic heterocycles. The van der Waals surface area contributed by atoms with Crippen LogP contribution < -0.4 is 5.32 Å². The number of para-hydroxylation sites is 2. The Balaban J connectivity index is 1.99. The minimum Gasteiger partial charge on any atom is -0.356 e. The van der Waals surface area contributed by atoms with E-state index in [-0.39, 0.29) is 0 Å². The van der Waals surface area contributed by atoms with Gasteiger partial charge in [-0.05, 0) is 24.5 Å². The Hall–Kier alpha value is -1.22. The number of alkyl halides is 1. The van der Waals surface area contributed by atoms with Crippen molar-refractivity contribution in [3.8, 4) is 0 Å². The van der Waals surface area contributed by atoms with E-state index in [9.17, 15) is 0 Å². The molecule has 16 heavy (non-hydrogen) atoms. The van der Waals surface area contributed by atoms with Gasteiger partial charge in [0.2, 0.25) is 5.95 Å². The minimum atomic E-state index is 0.561. The van der Waals surface area contributed by atoms with Crippen LogP contribution in [0.25, 0.3) is 11.0 Å². The first-order chi connectivity index (χ1) is 7.79. The highest BCUT2D eigenvalue weighted by Crippen LogP contribution is 2.14. The van der Waals surface area contributed by atoms with Gasteiger partial charge in [-0.1, -0.05) is 19.1 Å². The molecule has 2 rings (SSSR count). The van der Waals surface area contributed by atoms with Gasteiger partial charge in [-0.3, -0.25) is 0 Å². The standard InChI is InChI=1S/C12H16ClN3/c1-9(6-7-13)8-14-12-15-10-4-2-3-5-11(10)16-12/h2-5,9H,6-8H2,1H3,(H2,14,15,16). The first-order valence-corrected chi connectivity index (χ1v) is 6.07. The van der Waals surface area contributed by atoms with Crippen LogP contribution >= 0.6 is 11.6 Å². The molecule has 1 heterocycles. The van der Waals surface area contributed by atoms with E-state index in [1.54, 1.807) is 0 Å². The molecule has 0 saturated heterocycles. The summed E-state index contributed by atoms with van der Waals surface area (Å²) in [6, 6.07) is 8.01. The van der Waals surface area contributed by atoms with Crippen LogP contribution in [0.1, 0.15) is 13.3 Å². The smallest absolute Gasteiger partial charge is 0.201 e. The lowest BCUT2D eigenvalue weighted by molar-refractivity contribution is 0.595. The Morgan fingerprint density at radius 1 is 1.44 bits per heavy atom. The van der Waals surface area contributed by atoms with Gasteiger partial charge < -0.3 is 10.3 Å². The summed E-state index contributed by atoms with van der Waals surface area (Å²) in [7, 11) is 0. The average molecular weight is 238 g/mol. The zero-order valence-corrected chi connectivity index (χ0v) is 10.1. The average Bonchev–Trinajstić information content (AvgIpc) is 2.69. The largest absolute Gasteiger partial charge is 0.356 e. The maximum atomic E-state index is 5.69. The molecule has 0 amide bonds. The second-order valence-electron chi connectivity index (χ2n) is 4.07. The van der Waals surface area contributed by atoms with Crippen molar-refractivity contribution >= 4 is 28.6 Å². The fourth-order valence-corrected chi connectivity index (χ4v) is 1.97. The van der Waals surface area contributed by atoms with Gasteiger partial charge in [-0.15, -0.1) is 11.6 Å². The molecule has 0 spiro atoms. The van der Waals surface area contributed by atoms with Crippen LogP contribution in [0.5, 0.6) is 0 Å². The summed E-state index contributed by atoms with van der Waals surface area (Å²) < 4.78 is 0. The molecule has 1 atom stereocenters. The van der Waals surface area contributed by atoms with E-state index >= 15 is 0 Å².